The quantitative estimate of drug-likeness (QED) is 0.651. The highest BCUT2D eigenvalue weighted by Crippen LogP contribution is 2.36. The Kier molecular flexibility index (Phi) is 4.28. The van der Waals surface area contributed by atoms with Crippen LogP contribution in [0.25, 0.3) is 22.4 Å². The van der Waals surface area contributed by atoms with Gasteiger partial charge in [-0.05, 0) is 36.6 Å². The van der Waals surface area contributed by atoms with Crippen molar-refractivity contribution < 1.29 is 14.4 Å². The molecule has 3 aromatic rings. The van der Waals surface area contributed by atoms with Crippen molar-refractivity contribution in [2.75, 3.05) is 0 Å². The number of fused-ring (bicyclic) bond motifs is 1. The van der Waals surface area contributed by atoms with Crippen LogP contribution < -0.4 is 5.32 Å². The molecule has 9 heteroatoms. The number of amides is 3. The molecule has 0 saturated carbocycles. The summed E-state index contributed by atoms with van der Waals surface area (Å²) in [5.74, 6) is -0.868. The second kappa shape index (κ2) is 6.90. The minimum Gasteiger partial charge on any atom is -0.322 e. The smallest absolute Gasteiger partial charge is 0.255 e. The predicted molar refractivity (Wildman–Crippen MR) is 112 cm³/mol. The Bertz CT molecular complexity index is 1250. The summed E-state index contributed by atoms with van der Waals surface area (Å²) in [6, 6.07) is 5.10. The zero-order valence-electron chi connectivity index (χ0n) is 17.5. The van der Waals surface area contributed by atoms with E-state index in [0.717, 1.165) is 33.6 Å². The summed E-state index contributed by atoms with van der Waals surface area (Å²) in [7, 11) is 3.80. The van der Waals surface area contributed by atoms with E-state index < -0.39 is 11.9 Å². The van der Waals surface area contributed by atoms with E-state index in [1.807, 2.05) is 61.0 Å². The Balaban J connectivity index is 1.50. The van der Waals surface area contributed by atoms with Gasteiger partial charge < -0.3 is 4.90 Å². The van der Waals surface area contributed by atoms with E-state index in [-0.39, 0.29) is 18.2 Å². The summed E-state index contributed by atoms with van der Waals surface area (Å²) in [5.41, 5.74) is 6.35. The molecule has 4 heterocycles. The molecule has 0 spiro atoms. The summed E-state index contributed by atoms with van der Waals surface area (Å²) < 4.78 is 3.65. The van der Waals surface area contributed by atoms with Gasteiger partial charge in [-0.15, -0.1) is 0 Å². The van der Waals surface area contributed by atoms with Gasteiger partial charge in [-0.2, -0.15) is 10.2 Å². The van der Waals surface area contributed by atoms with E-state index in [1.54, 1.807) is 4.90 Å². The number of benzene rings is 1. The molecule has 158 valence electrons. The number of carbonyl (C=O) groups excluding carboxylic acids is 3. The zero-order chi connectivity index (χ0) is 21.9. The van der Waals surface area contributed by atoms with Crippen molar-refractivity contribution in [3.63, 3.8) is 0 Å². The molecule has 1 aromatic carbocycles. The number of rotatable bonds is 3. The number of imide groups is 1. The average Bonchev–Trinajstić information content (AvgIpc) is 3.38. The first-order valence-corrected chi connectivity index (χ1v) is 10.1. The van der Waals surface area contributed by atoms with E-state index in [2.05, 4.69) is 15.5 Å². The Morgan fingerprint density at radius 3 is 2.45 bits per heavy atom. The molecular weight excluding hydrogens is 396 g/mol. The van der Waals surface area contributed by atoms with Crippen LogP contribution in [-0.4, -0.2) is 48.2 Å². The number of carbonyl (C=O) groups is 3. The number of nitrogens with zero attached hydrogens (tertiary/aromatic N) is 5. The molecule has 1 saturated heterocycles. The standard InChI is InChI=1S/C22H22N6O3/c1-12-16(9-23-26(12)2)20-17(10-24-27(20)3)13-4-5-15-14(8-13)11-28(22(15)31)18-6-7-19(29)25-21(18)30/h4-5,8-10,18H,6-7,11H2,1-3H3,(H,25,29,30)/t18-/m0/s1. The molecule has 2 aromatic heterocycles. The lowest BCUT2D eigenvalue weighted by molar-refractivity contribution is -0.136. The Labute approximate surface area is 178 Å². The second-order valence-corrected chi connectivity index (χ2v) is 8.07. The third kappa shape index (κ3) is 2.96. The van der Waals surface area contributed by atoms with Crippen LogP contribution in [0.3, 0.4) is 0 Å². The van der Waals surface area contributed by atoms with Crippen LogP contribution in [0, 0.1) is 6.92 Å². The SMILES string of the molecule is Cc1c(-c2c(-c3ccc4c(c3)CN([C@H]3CCC(=O)NC3=O)C4=O)cnn2C)cnn1C. The molecule has 0 bridgehead atoms. The lowest BCUT2D eigenvalue weighted by Gasteiger charge is -2.29. The first-order valence-electron chi connectivity index (χ1n) is 10.1. The fourth-order valence-corrected chi connectivity index (χ4v) is 4.44. The van der Waals surface area contributed by atoms with Crippen LogP contribution in [0.2, 0.25) is 0 Å². The lowest BCUT2D eigenvalue weighted by atomic mass is 9.98. The van der Waals surface area contributed by atoms with Gasteiger partial charge in [0.2, 0.25) is 11.8 Å². The molecule has 3 amide bonds. The summed E-state index contributed by atoms with van der Waals surface area (Å²) in [4.78, 5) is 38.2. The minimum atomic E-state index is -0.618. The van der Waals surface area contributed by atoms with Crippen LogP contribution in [0.5, 0.6) is 0 Å². The van der Waals surface area contributed by atoms with Crippen molar-refractivity contribution in [1.82, 2.24) is 29.8 Å². The van der Waals surface area contributed by atoms with Crippen LogP contribution in [0.4, 0.5) is 0 Å². The van der Waals surface area contributed by atoms with Gasteiger partial charge in [-0.1, -0.05) is 6.07 Å². The molecule has 0 aliphatic carbocycles. The van der Waals surface area contributed by atoms with Gasteiger partial charge in [0.15, 0.2) is 0 Å². The van der Waals surface area contributed by atoms with Gasteiger partial charge >= 0.3 is 0 Å². The molecule has 2 aliphatic heterocycles. The second-order valence-electron chi connectivity index (χ2n) is 8.07. The molecule has 0 unspecified atom stereocenters. The first-order chi connectivity index (χ1) is 14.8. The zero-order valence-corrected chi connectivity index (χ0v) is 17.5. The first kappa shape index (κ1) is 19.2. The van der Waals surface area contributed by atoms with E-state index in [9.17, 15) is 14.4 Å². The van der Waals surface area contributed by atoms with Crippen molar-refractivity contribution in [2.45, 2.75) is 32.4 Å². The Hall–Kier alpha value is -3.75. The highest BCUT2D eigenvalue weighted by atomic mass is 16.2. The fourth-order valence-electron chi connectivity index (χ4n) is 4.44. The number of hydrogen-bond donors (Lipinski definition) is 1. The van der Waals surface area contributed by atoms with Gasteiger partial charge in [-0.3, -0.25) is 29.1 Å². The van der Waals surface area contributed by atoms with Gasteiger partial charge in [0.1, 0.15) is 6.04 Å². The van der Waals surface area contributed by atoms with Crippen molar-refractivity contribution in [1.29, 1.82) is 0 Å². The number of hydrogen-bond acceptors (Lipinski definition) is 5. The number of aryl methyl sites for hydroxylation is 2. The molecule has 1 N–H and O–H groups in total. The summed E-state index contributed by atoms with van der Waals surface area (Å²) in [5, 5.41) is 11.1. The van der Waals surface area contributed by atoms with E-state index in [1.165, 1.54) is 0 Å². The van der Waals surface area contributed by atoms with Crippen LogP contribution >= 0.6 is 0 Å². The molecular formula is C22H22N6O3. The van der Waals surface area contributed by atoms with E-state index in [4.69, 9.17) is 0 Å². The number of nitrogens with one attached hydrogen (secondary N) is 1. The van der Waals surface area contributed by atoms with Crippen LogP contribution in [-0.2, 0) is 30.2 Å². The third-order valence-corrected chi connectivity index (χ3v) is 6.26. The van der Waals surface area contributed by atoms with Crippen LogP contribution in [0.1, 0.15) is 34.5 Å². The Morgan fingerprint density at radius 2 is 1.74 bits per heavy atom. The highest BCUT2D eigenvalue weighted by molar-refractivity contribution is 6.05. The molecule has 1 atom stereocenters. The summed E-state index contributed by atoms with van der Waals surface area (Å²) in [6.07, 6.45) is 4.24. The van der Waals surface area contributed by atoms with Gasteiger partial charge in [0, 0.05) is 49.4 Å². The van der Waals surface area contributed by atoms with Gasteiger partial charge in [0.05, 0.1) is 18.1 Å². The molecule has 1 fully saturated rings. The Morgan fingerprint density at radius 1 is 1.00 bits per heavy atom. The van der Waals surface area contributed by atoms with Crippen molar-refractivity contribution in [3.8, 4) is 22.4 Å². The molecule has 2 aliphatic rings. The van der Waals surface area contributed by atoms with Gasteiger partial charge in [0.25, 0.3) is 5.91 Å². The maximum atomic E-state index is 12.9. The predicted octanol–water partition coefficient (Wildman–Crippen LogP) is 1.56. The van der Waals surface area contributed by atoms with E-state index in [0.29, 0.717) is 18.5 Å². The van der Waals surface area contributed by atoms with Crippen LogP contribution in [0.15, 0.2) is 30.6 Å². The fraction of sp³-hybridized carbons (Fsp3) is 0.318. The number of aromatic nitrogens is 4. The molecule has 0 radical (unpaired) electrons. The van der Waals surface area contributed by atoms with Crippen molar-refractivity contribution in [3.05, 3.63) is 47.4 Å². The molecule has 5 rings (SSSR count). The number of piperidine rings is 1. The largest absolute Gasteiger partial charge is 0.322 e. The van der Waals surface area contributed by atoms with E-state index >= 15 is 0 Å². The van der Waals surface area contributed by atoms with Crippen molar-refractivity contribution in [2.24, 2.45) is 14.1 Å². The monoisotopic (exact) mass is 418 g/mol. The third-order valence-electron chi connectivity index (χ3n) is 6.26. The highest BCUT2D eigenvalue weighted by Gasteiger charge is 2.39. The minimum absolute atomic E-state index is 0.175. The summed E-state index contributed by atoms with van der Waals surface area (Å²) in [6.45, 7) is 2.36. The maximum absolute atomic E-state index is 12.9. The average molecular weight is 418 g/mol. The topological polar surface area (TPSA) is 102 Å². The maximum Gasteiger partial charge on any atom is 0.255 e. The van der Waals surface area contributed by atoms with Gasteiger partial charge in [-0.25, -0.2) is 0 Å². The normalized spacial score (nSPS) is 18.5. The molecule has 31 heavy (non-hydrogen) atoms. The lowest BCUT2D eigenvalue weighted by Crippen LogP contribution is -2.52. The van der Waals surface area contributed by atoms with Crippen molar-refractivity contribution >= 4 is 17.7 Å². The molecule has 9 nitrogen and oxygen atoms in total. The summed E-state index contributed by atoms with van der Waals surface area (Å²) >= 11 is 0.